The molecule has 0 atom stereocenters. The number of hydrogen-bond acceptors (Lipinski definition) is 4. The van der Waals surface area contributed by atoms with Crippen LogP contribution >= 0.6 is 0 Å². The second-order valence-electron chi connectivity index (χ2n) is 13.4. The van der Waals surface area contributed by atoms with Crippen LogP contribution in [0.25, 0.3) is 11.1 Å². The highest BCUT2D eigenvalue weighted by atomic mass is 16.5. The minimum Gasteiger partial charge on any atom is -0.439 e. The molecule has 0 radical (unpaired) electrons. The van der Waals surface area contributed by atoms with Gasteiger partial charge in [0, 0.05) is 24.9 Å². The Balaban J connectivity index is 1.30. The predicted octanol–water partition coefficient (Wildman–Crippen LogP) is 10.1. The van der Waals surface area contributed by atoms with Crippen molar-refractivity contribution in [3.05, 3.63) is 167 Å². The quantitative estimate of drug-likeness (QED) is 0.197. The Morgan fingerprint density at radius 1 is 0.652 bits per heavy atom. The van der Waals surface area contributed by atoms with Gasteiger partial charge in [0.15, 0.2) is 0 Å². The van der Waals surface area contributed by atoms with Crippen LogP contribution < -0.4 is 14.5 Å². The molecule has 0 unspecified atom stereocenters. The maximum absolute atomic E-state index is 6.73. The average Bonchev–Trinajstić information content (AvgIpc) is 3.58. The van der Waals surface area contributed by atoms with E-state index in [1.54, 1.807) is 0 Å². The SMILES string of the molecule is CN1CN(c2cccc(Oc3cc(C(C)(C)C)cc(C4(c5ccccc5)c5ccccc5-c5ccccc54)n3)c2)c2ccccc21. The van der Waals surface area contributed by atoms with Crippen molar-refractivity contribution in [1.29, 1.82) is 0 Å². The van der Waals surface area contributed by atoms with Crippen molar-refractivity contribution in [3.63, 3.8) is 0 Å². The number of nitrogens with zero attached hydrogens (tertiary/aromatic N) is 3. The van der Waals surface area contributed by atoms with Crippen molar-refractivity contribution in [2.75, 3.05) is 23.5 Å². The minimum atomic E-state index is -0.598. The summed E-state index contributed by atoms with van der Waals surface area (Å²) in [5.74, 6) is 1.35. The van der Waals surface area contributed by atoms with E-state index in [4.69, 9.17) is 9.72 Å². The third-order valence-corrected chi connectivity index (χ3v) is 9.50. The first-order chi connectivity index (χ1) is 22.3. The molecule has 6 aromatic rings. The van der Waals surface area contributed by atoms with Crippen LogP contribution in [0.5, 0.6) is 11.6 Å². The number of ether oxygens (including phenoxy) is 1. The maximum atomic E-state index is 6.73. The molecule has 4 heteroatoms. The van der Waals surface area contributed by atoms with Crippen LogP contribution in [0.3, 0.4) is 0 Å². The van der Waals surface area contributed by atoms with E-state index in [0.29, 0.717) is 5.88 Å². The van der Waals surface area contributed by atoms with Crippen LogP contribution in [0, 0.1) is 0 Å². The van der Waals surface area contributed by atoms with Crippen LogP contribution in [0.1, 0.15) is 48.7 Å². The van der Waals surface area contributed by atoms with E-state index in [1.807, 2.05) is 6.07 Å². The Hall–Kier alpha value is -5.35. The van der Waals surface area contributed by atoms with Crippen molar-refractivity contribution >= 4 is 17.1 Å². The highest BCUT2D eigenvalue weighted by Gasteiger charge is 2.47. The van der Waals surface area contributed by atoms with E-state index >= 15 is 0 Å². The highest BCUT2D eigenvalue weighted by molar-refractivity contribution is 5.86. The Kier molecular flexibility index (Phi) is 6.50. The second-order valence-corrected chi connectivity index (χ2v) is 13.4. The van der Waals surface area contributed by atoms with Gasteiger partial charge in [0.1, 0.15) is 5.75 Å². The van der Waals surface area contributed by atoms with Crippen molar-refractivity contribution < 1.29 is 4.74 Å². The first-order valence-corrected chi connectivity index (χ1v) is 16.0. The third-order valence-electron chi connectivity index (χ3n) is 9.50. The lowest BCUT2D eigenvalue weighted by atomic mass is 9.69. The zero-order valence-corrected chi connectivity index (χ0v) is 26.7. The number of fused-ring (bicyclic) bond motifs is 4. The van der Waals surface area contributed by atoms with Gasteiger partial charge in [0.25, 0.3) is 0 Å². The summed E-state index contributed by atoms with van der Waals surface area (Å²) >= 11 is 0. The van der Waals surface area contributed by atoms with Gasteiger partial charge < -0.3 is 14.5 Å². The van der Waals surface area contributed by atoms with Gasteiger partial charge in [-0.05, 0) is 69.1 Å². The molecule has 0 amide bonds. The lowest BCUT2D eigenvalue weighted by Crippen LogP contribution is -2.30. The van der Waals surface area contributed by atoms with Gasteiger partial charge in [0.05, 0.1) is 29.2 Å². The van der Waals surface area contributed by atoms with Gasteiger partial charge in [-0.2, -0.15) is 0 Å². The summed E-state index contributed by atoms with van der Waals surface area (Å²) in [6.07, 6.45) is 0. The van der Waals surface area contributed by atoms with Crippen molar-refractivity contribution in [2.45, 2.75) is 31.6 Å². The van der Waals surface area contributed by atoms with Gasteiger partial charge in [0.2, 0.25) is 5.88 Å². The van der Waals surface area contributed by atoms with Gasteiger partial charge >= 0.3 is 0 Å². The van der Waals surface area contributed by atoms with E-state index in [2.05, 4.69) is 171 Å². The fraction of sp³-hybridized carbons (Fsp3) is 0.167. The predicted molar refractivity (Wildman–Crippen MR) is 189 cm³/mol. The summed E-state index contributed by atoms with van der Waals surface area (Å²) in [6, 6.07) is 49.7. The Morgan fingerprint density at radius 2 is 1.28 bits per heavy atom. The molecular weight excluding hydrogens is 562 g/mol. The topological polar surface area (TPSA) is 28.6 Å². The summed E-state index contributed by atoms with van der Waals surface area (Å²) in [6.45, 7) is 7.54. The number of rotatable bonds is 5. The molecule has 0 bridgehead atoms. The number of benzene rings is 5. The smallest absolute Gasteiger partial charge is 0.219 e. The van der Waals surface area contributed by atoms with E-state index in [-0.39, 0.29) is 5.41 Å². The molecule has 5 aromatic carbocycles. The van der Waals surface area contributed by atoms with Crippen LogP contribution in [0.4, 0.5) is 17.1 Å². The normalized spacial score (nSPS) is 14.5. The Morgan fingerprint density at radius 3 is 1.98 bits per heavy atom. The summed E-state index contributed by atoms with van der Waals surface area (Å²) in [5, 5.41) is 0. The summed E-state index contributed by atoms with van der Waals surface area (Å²) < 4.78 is 6.73. The van der Waals surface area contributed by atoms with Crippen molar-refractivity contribution in [2.24, 2.45) is 0 Å². The molecule has 46 heavy (non-hydrogen) atoms. The molecule has 8 rings (SSSR count). The van der Waals surface area contributed by atoms with Gasteiger partial charge in [-0.1, -0.05) is 118 Å². The molecule has 0 saturated carbocycles. The Bertz CT molecular complexity index is 2030. The number of aromatic nitrogens is 1. The van der Waals surface area contributed by atoms with E-state index in [1.165, 1.54) is 44.8 Å². The van der Waals surface area contributed by atoms with Crippen LogP contribution in [0.2, 0.25) is 0 Å². The van der Waals surface area contributed by atoms with Gasteiger partial charge in [-0.3, -0.25) is 0 Å². The van der Waals surface area contributed by atoms with E-state index in [0.717, 1.165) is 23.8 Å². The fourth-order valence-corrected chi connectivity index (χ4v) is 7.28. The molecule has 1 aromatic heterocycles. The summed E-state index contributed by atoms with van der Waals surface area (Å²) in [5.41, 5.74) is 11.1. The van der Waals surface area contributed by atoms with E-state index in [9.17, 15) is 0 Å². The van der Waals surface area contributed by atoms with Crippen LogP contribution in [0.15, 0.2) is 140 Å². The maximum Gasteiger partial charge on any atom is 0.219 e. The lowest BCUT2D eigenvalue weighted by molar-refractivity contribution is 0.453. The minimum absolute atomic E-state index is 0.128. The molecule has 0 N–H and O–H groups in total. The van der Waals surface area contributed by atoms with E-state index < -0.39 is 5.41 Å². The largest absolute Gasteiger partial charge is 0.439 e. The van der Waals surface area contributed by atoms with Crippen LogP contribution in [-0.2, 0) is 10.8 Å². The number of hydrogen-bond donors (Lipinski definition) is 0. The first-order valence-electron chi connectivity index (χ1n) is 16.0. The third kappa shape index (κ3) is 4.40. The fourth-order valence-electron chi connectivity index (χ4n) is 7.28. The lowest BCUT2D eigenvalue weighted by Gasteiger charge is -2.34. The molecule has 1 aliphatic carbocycles. The van der Waals surface area contributed by atoms with Gasteiger partial charge in [-0.15, -0.1) is 0 Å². The molecule has 2 aliphatic rings. The molecule has 0 saturated heterocycles. The molecule has 0 fully saturated rings. The monoisotopic (exact) mass is 599 g/mol. The molecule has 4 nitrogen and oxygen atoms in total. The van der Waals surface area contributed by atoms with Gasteiger partial charge in [-0.25, -0.2) is 4.98 Å². The zero-order chi connectivity index (χ0) is 31.5. The molecule has 0 spiro atoms. The molecule has 1 aliphatic heterocycles. The molecule has 226 valence electrons. The summed E-state index contributed by atoms with van der Waals surface area (Å²) in [7, 11) is 2.13. The summed E-state index contributed by atoms with van der Waals surface area (Å²) in [4.78, 5) is 9.99. The van der Waals surface area contributed by atoms with Crippen LogP contribution in [-0.4, -0.2) is 18.7 Å². The highest BCUT2D eigenvalue weighted by Crippen LogP contribution is 2.56. The second kappa shape index (κ2) is 10.6. The van der Waals surface area contributed by atoms with Crippen molar-refractivity contribution in [1.82, 2.24) is 4.98 Å². The number of para-hydroxylation sites is 2. The average molecular weight is 600 g/mol. The Labute approximate surface area is 271 Å². The number of anilines is 3. The number of pyridine rings is 1. The first kappa shape index (κ1) is 28.1. The zero-order valence-electron chi connectivity index (χ0n) is 26.7. The van der Waals surface area contributed by atoms with Crippen molar-refractivity contribution in [3.8, 4) is 22.8 Å². The molecular formula is C42H37N3O. The standard InChI is InChI=1S/C42H37N3O/c1-41(2,3)30-25-39(42(29-15-6-5-7-16-29)35-21-10-8-19-33(35)34-20-9-11-22-36(34)42)43-40(26-30)46-32-18-14-17-31(27-32)45-28-44(4)37-23-12-13-24-38(37)45/h5-27H,28H2,1-4H3. The molecule has 2 heterocycles.